The molecule has 0 heterocycles. The minimum Gasteiger partial charge on any atom is -0.467 e. The lowest BCUT2D eigenvalue weighted by Gasteiger charge is -2.16. The fourth-order valence-corrected chi connectivity index (χ4v) is 2.25. The van der Waals surface area contributed by atoms with E-state index in [4.69, 9.17) is 4.74 Å². The molecule has 0 aromatic heterocycles. The first-order valence-corrected chi connectivity index (χ1v) is 7.19. The van der Waals surface area contributed by atoms with Gasteiger partial charge in [0, 0.05) is 12.5 Å². The summed E-state index contributed by atoms with van der Waals surface area (Å²) in [6.07, 6.45) is 0.222. The maximum absolute atomic E-state index is 12.4. The Hall–Kier alpha value is -3.22. The highest BCUT2D eigenvalue weighted by atomic mass is 16.6. The van der Waals surface area contributed by atoms with E-state index in [9.17, 15) is 19.7 Å². The third-order valence-electron chi connectivity index (χ3n) is 3.42. The number of carbonyl (C=O) groups is 2. The zero-order valence-corrected chi connectivity index (χ0v) is 13.0. The largest absolute Gasteiger partial charge is 0.467 e. The molecule has 2 aromatic rings. The molecule has 0 radical (unpaired) electrons. The number of nitrogens with one attached hydrogen (secondary N) is 1. The second-order valence-electron chi connectivity index (χ2n) is 5.01. The van der Waals surface area contributed by atoms with Gasteiger partial charge < -0.3 is 10.1 Å². The van der Waals surface area contributed by atoms with Gasteiger partial charge in [-0.2, -0.15) is 0 Å². The molecule has 0 aliphatic carbocycles. The summed E-state index contributed by atoms with van der Waals surface area (Å²) in [6, 6.07) is 13.7. The number of nitro groups is 1. The Labute approximate surface area is 138 Å². The maximum Gasteiger partial charge on any atom is 0.328 e. The van der Waals surface area contributed by atoms with Crippen LogP contribution in [0.25, 0.3) is 0 Å². The molecular weight excluding hydrogens is 312 g/mol. The third kappa shape index (κ3) is 4.16. The van der Waals surface area contributed by atoms with E-state index in [1.165, 1.54) is 31.4 Å². The van der Waals surface area contributed by atoms with Gasteiger partial charge in [0.15, 0.2) is 0 Å². The number of amides is 1. The molecule has 1 N–H and O–H groups in total. The van der Waals surface area contributed by atoms with Gasteiger partial charge in [0.25, 0.3) is 11.6 Å². The molecule has 0 fully saturated rings. The van der Waals surface area contributed by atoms with Gasteiger partial charge in [-0.15, -0.1) is 0 Å². The smallest absolute Gasteiger partial charge is 0.328 e. The molecule has 0 aliphatic rings. The van der Waals surface area contributed by atoms with Crippen LogP contribution in [0.1, 0.15) is 15.9 Å². The van der Waals surface area contributed by atoms with E-state index in [-0.39, 0.29) is 17.7 Å². The maximum atomic E-state index is 12.4. The Kier molecular flexibility index (Phi) is 5.62. The summed E-state index contributed by atoms with van der Waals surface area (Å²) in [5.41, 5.74) is 0.401. The van der Waals surface area contributed by atoms with E-state index in [1.807, 2.05) is 30.3 Å². The Balaban J connectivity index is 2.22. The summed E-state index contributed by atoms with van der Waals surface area (Å²) in [5.74, 6) is -1.32. The zero-order chi connectivity index (χ0) is 17.5. The van der Waals surface area contributed by atoms with Gasteiger partial charge in [-0.25, -0.2) is 4.79 Å². The van der Waals surface area contributed by atoms with E-state index in [1.54, 1.807) is 0 Å². The van der Waals surface area contributed by atoms with Gasteiger partial charge in [-0.05, 0) is 11.6 Å². The third-order valence-corrected chi connectivity index (χ3v) is 3.42. The standard InChI is InChI=1S/C17H16N2O5/c1-24-17(21)14(11-12-7-3-2-4-8-12)18-16(20)13-9-5-6-10-15(13)19(22)23/h2-10,14H,11H2,1H3,(H,18,20)/t14-/m0/s1. The van der Waals surface area contributed by atoms with Crippen molar-refractivity contribution in [1.82, 2.24) is 5.32 Å². The topological polar surface area (TPSA) is 98.5 Å². The summed E-state index contributed by atoms with van der Waals surface area (Å²) in [5, 5.41) is 13.5. The molecule has 0 bridgehead atoms. The van der Waals surface area contributed by atoms with Crippen LogP contribution in [-0.2, 0) is 16.0 Å². The zero-order valence-electron chi connectivity index (χ0n) is 13.0. The summed E-state index contributed by atoms with van der Waals surface area (Å²) in [4.78, 5) is 34.7. The van der Waals surface area contributed by atoms with Crippen molar-refractivity contribution < 1.29 is 19.2 Å². The van der Waals surface area contributed by atoms with Crippen molar-refractivity contribution in [2.45, 2.75) is 12.5 Å². The quantitative estimate of drug-likeness (QED) is 0.497. The fraction of sp³-hybridized carbons (Fsp3) is 0.176. The summed E-state index contributed by atoms with van der Waals surface area (Å²) in [6.45, 7) is 0. The van der Waals surface area contributed by atoms with E-state index in [0.717, 1.165) is 5.56 Å². The molecule has 1 atom stereocenters. The van der Waals surface area contributed by atoms with Crippen molar-refractivity contribution in [2.24, 2.45) is 0 Å². The minimum atomic E-state index is -0.940. The number of benzene rings is 2. The summed E-state index contributed by atoms with van der Waals surface area (Å²) >= 11 is 0. The lowest BCUT2D eigenvalue weighted by molar-refractivity contribution is -0.385. The van der Waals surface area contributed by atoms with Crippen LogP contribution in [0.2, 0.25) is 0 Å². The number of nitro benzene ring substituents is 1. The average molecular weight is 328 g/mol. The normalized spacial score (nSPS) is 11.4. The fourth-order valence-electron chi connectivity index (χ4n) is 2.25. The number of carbonyl (C=O) groups excluding carboxylic acids is 2. The molecule has 24 heavy (non-hydrogen) atoms. The van der Waals surface area contributed by atoms with Crippen molar-refractivity contribution in [2.75, 3.05) is 7.11 Å². The van der Waals surface area contributed by atoms with Crippen molar-refractivity contribution in [3.63, 3.8) is 0 Å². The van der Waals surface area contributed by atoms with E-state index in [2.05, 4.69) is 5.32 Å². The van der Waals surface area contributed by atoms with Crippen LogP contribution < -0.4 is 5.32 Å². The lowest BCUT2D eigenvalue weighted by atomic mass is 10.1. The van der Waals surface area contributed by atoms with Crippen LogP contribution in [0.15, 0.2) is 54.6 Å². The average Bonchev–Trinajstić information content (AvgIpc) is 2.61. The monoisotopic (exact) mass is 328 g/mol. The van der Waals surface area contributed by atoms with Crippen LogP contribution in [0.4, 0.5) is 5.69 Å². The number of para-hydroxylation sites is 1. The number of rotatable bonds is 6. The van der Waals surface area contributed by atoms with E-state index < -0.39 is 22.8 Å². The molecule has 124 valence electrons. The van der Waals surface area contributed by atoms with Gasteiger partial charge in [-0.3, -0.25) is 14.9 Å². The van der Waals surface area contributed by atoms with E-state index >= 15 is 0 Å². The van der Waals surface area contributed by atoms with Gasteiger partial charge in [0.05, 0.1) is 12.0 Å². The number of hydrogen-bond acceptors (Lipinski definition) is 5. The predicted molar refractivity (Wildman–Crippen MR) is 86.5 cm³/mol. The van der Waals surface area contributed by atoms with Gasteiger partial charge in [0.2, 0.25) is 0 Å². The van der Waals surface area contributed by atoms with Gasteiger partial charge in [-0.1, -0.05) is 42.5 Å². The highest BCUT2D eigenvalue weighted by Crippen LogP contribution is 2.18. The molecule has 1 amide bonds. The molecule has 0 saturated heterocycles. The number of nitrogens with zero attached hydrogens (tertiary/aromatic N) is 1. The van der Waals surface area contributed by atoms with E-state index in [0.29, 0.717) is 0 Å². The first kappa shape index (κ1) is 17.1. The SMILES string of the molecule is COC(=O)[C@H](Cc1ccccc1)NC(=O)c1ccccc1[N+](=O)[O-]. The number of esters is 1. The first-order chi connectivity index (χ1) is 11.5. The highest BCUT2D eigenvalue weighted by molar-refractivity contribution is 6.00. The Morgan fingerprint density at radius 3 is 2.38 bits per heavy atom. The molecule has 0 saturated carbocycles. The summed E-state index contributed by atoms with van der Waals surface area (Å²) < 4.78 is 4.71. The molecule has 0 unspecified atom stereocenters. The Bertz CT molecular complexity index is 746. The molecule has 7 heteroatoms. The Morgan fingerprint density at radius 1 is 1.12 bits per heavy atom. The first-order valence-electron chi connectivity index (χ1n) is 7.19. The molecule has 0 aliphatic heterocycles. The highest BCUT2D eigenvalue weighted by Gasteiger charge is 2.26. The number of ether oxygens (including phenoxy) is 1. The predicted octanol–water partition coefficient (Wildman–Crippen LogP) is 2.11. The molecule has 2 rings (SSSR count). The summed E-state index contributed by atoms with van der Waals surface area (Å²) in [7, 11) is 1.22. The van der Waals surface area contributed by atoms with Crippen LogP contribution in [0.3, 0.4) is 0 Å². The van der Waals surface area contributed by atoms with Gasteiger partial charge in [0.1, 0.15) is 11.6 Å². The van der Waals surface area contributed by atoms with Crippen molar-refractivity contribution in [3.8, 4) is 0 Å². The lowest BCUT2D eigenvalue weighted by Crippen LogP contribution is -2.43. The van der Waals surface area contributed by atoms with Crippen LogP contribution in [0, 0.1) is 10.1 Å². The van der Waals surface area contributed by atoms with Crippen LogP contribution in [0.5, 0.6) is 0 Å². The molecule has 0 spiro atoms. The minimum absolute atomic E-state index is 0.107. The molecule has 2 aromatic carbocycles. The van der Waals surface area contributed by atoms with Crippen molar-refractivity contribution in [3.05, 3.63) is 75.8 Å². The van der Waals surface area contributed by atoms with Crippen LogP contribution in [-0.4, -0.2) is 30.0 Å². The number of methoxy groups -OCH3 is 1. The Morgan fingerprint density at radius 2 is 1.75 bits per heavy atom. The van der Waals surface area contributed by atoms with Crippen molar-refractivity contribution in [1.29, 1.82) is 0 Å². The molecular formula is C17H16N2O5. The molecule has 7 nitrogen and oxygen atoms in total. The second-order valence-corrected chi connectivity index (χ2v) is 5.01. The van der Waals surface area contributed by atoms with Crippen LogP contribution >= 0.6 is 0 Å². The number of hydrogen-bond donors (Lipinski definition) is 1. The van der Waals surface area contributed by atoms with Gasteiger partial charge >= 0.3 is 5.97 Å². The van der Waals surface area contributed by atoms with Crippen molar-refractivity contribution >= 4 is 17.6 Å². The second kappa shape index (κ2) is 7.87.